The molecule has 2 aromatic rings. The summed E-state index contributed by atoms with van der Waals surface area (Å²) in [5.41, 5.74) is 2.49. The number of anilines is 1. The van der Waals surface area contributed by atoms with Crippen molar-refractivity contribution in [2.45, 2.75) is 13.0 Å². The topological polar surface area (TPSA) is 72.9 Å². The number of ketones is 1. The molecule has 0 saturated carbocycles. The van der Waals surface area contributed by atoms with Crippen molar-refractivity contribution in [3.05, 3.63) is 59.2 Å². The molecule has 0 N–H and O–H groups in total. The lowest BCUT2D eigenvalue weighted by Crippen LogP contribution is -2.41. The normalized spacial score (nSPS) is 13.4. The number of rotatable bonds is 4. The van der Waals surface area contributed by atoms with Crippen LogP contribution in [-0.4, -0.2) is 31.9 Å². The maximum absolute atomic E-state index is 12.4. The summed E-state index contributed by atoms with van der Waals surface area (Å²) < 4.78 is 9.82. The first-order valence-corrected chi connectivity index (χ1v) is 7.72. The van der Waals surface area contributed by atoms with Crippen LogP contribution < -0.4 is 9.64 Å². The number of esters is 1. The van der Waals surface area contributed by atoms with E-state index in [9.17, 15) is 14.4 Å². The molecule has 0 aliphatic carbocycles. The van der Waals surface area contributed by atoms with Crippen LogP contribution in [0.2, 0.25) is 0 Å². The average Bonchev–Trinajstić information content (AvgIpc) is 2.64. The van der Waals surface area contributed by atoms with Crippen LogP contribution in [0.5, 0.6) is 5.75 Å². The highest BCUT2D eigenvalue weighted by molar-refractivity contribution is 6.43. The second-order valence-electron chi connectivity index (χ2n) is 5.67. The van der Waals surface area contributed by atoms with E-state index >= 15 is 0 Å². The van der Waals surface area contributed by atoms with Gasteiger partial charge in [-0.15, -0.1) is 0 Å². The zero-order valence-corrected chi connectivity index (χ0v) is 13.9. The summed E-state index contributed by atoms with van der Waals surface area (Å²) in [6.45, 7) is 0.263. The van der Waals surface area contributed by atoms with Crippen molar-refractivity contribution in [2.75, 3.05) is 19.1 Å². The van der Waals surface area contributed by atoms with Crippen LogP contribution in [0.15, 0.2) is 42.5 Å². The van der Waals surface area contributed by atoms with Crippen LogP contribution in [0.25, 0.3) is 0 Å². The van der Waals surface area contributed by atoms with E-state index in [0.29, 0.717) is 22.6 Å². The van der Waals surface area contributed by atoms with E-state index < -0.39 is 17.7 Å². The molecule has 1 aliphatic heterocycles. The Morgan fingerprint density at radius 2 is 1.80 bits per heavy atom. The lowest BCUT2D eigenvalue weighted by molar-refractivity contribution is -0.136. The number of hydrogen-bond donors (Lipinski definition) is 0. The SMILES string of the molecule is COC(=O)c1ccc2c(c1)CC(=O)C(=O)N2Cc1ccc(OC)cc1. The smallest absolute Gasteiger partial charge is 0.337 e. The van der Waals surface area contributed by atoms with Gasteiger partial charge in [-0.1, -0.05) is 12.1 Å². The van der Waals surface area contributed by atoms with E-state index in [1.54, 1.807) is 37.4 Å². The summed E-state index contributed by atoms with van der Waals surface area (Å²) in [4.78, 5) is 37.5. The van der Waals surface area contributed by atoms with Crippen molar-refractivity contribution < 1.29 is 23.9 Å². The van der Waals surface area contributed by atoms with Gasteiger partial charge in [0.25, 0.3) is 5.91 Å². The van der Waals surface area contributed by atoms with Gasteiger partial charge in [-0.05, 0) is 41.5 Å². The molecule has 128 valence electrons. The summed E-state index contributed by atoms with van der Waals surface area (Å²) in [5.74, 6) is -0.807. The highest BCUT2D eigenvalue weighted by atomic mass is 16.5. The van der Waals surface area contributed by atoms with Crippen molar-refractivity contribution in [1.82, 2.24) is 0 Å². The van der Waals surface area contributed by atoms with E-state index in [1.807, 2.05) is 12.1 Å². The molecule has 1 amide bonds. The molecule has 0 fully saturated rings. The summed E-state index contributed by atoms with van der Waals surface area (Å²) in [6.07, 6.45) is -0.0158. The van der Waals surface area contributed by atoms with Gasteiger partial charge in [0.2, 0.25) is 5.78 Å². The van der Waals surface area contributed by atoms with E-state index in [2.05, 4.69) is 0 Å². The quantitative estimate of drug-likeness (QED) is 0.630. The van der Waals surface area contributed by atoms with E-state index in [-0.39, 0.29) is 13.0 Å². The predicted octanol–water partition coefficient (Wildman–Crippen LogP) is 2.14. The fourth-order valence-electron chi connectivity index (χ4n) is 2.81. The summed E-state index contributed by atoms with van der Waals surface area (Å²) in [7, 11) is 2.88. The van der Waals surface area contributed by atoms with Crippen LogP contribution in [-0.2, 0) is 27.3 Å². The standard InChI is InChI=1S/C19H17NO5/c1-24-15-6-3-12(4-7-15)11-20-16-8-5-13(19(23)25-2)9-14(16)10-17(21)18(20)22/h3-9H,10-11H2,1-2H3. The molecule has 6 heteroatoms. The van der Waals surface area contributed by atoms with Gasteiger partial charge in [0.1, 0.15) is 5.75 Å². The zero-order chi connectivity index (χ0) is 18.0. The van der Waals surface area contributed by atoms with Crippen LogP contribution in [0.1, 0.15) is 21.5 Å². The third-order valence-corrected chi connectivity index (χ3v) is 4.13. The molecule has 0 aromatic heterocycles. The Morgan fingerprint density at radius 1 is 1.08 bits per heavy atom. The van der Waals surface area contributed by atoms with Gasteiger partial charge in [0.05, 0.1) is 26.3 Å². The number of amides is 1. The molecule has 3 rings (SSSR count). The van der Waals surface area contributed by atoms with Gasteiger partial charge in [0, 0.05) is 12.1 Å². The minimum absolute atomic E-state index is 0.0158. The molecular formula is C19H17NO5. The number of fused-ring (bicyclic) bond motifs is 1. The number of carbonyl (C=O) groups excluding carboxylic acids is 3. The van der Waals surface area contributed by atoms with Crippen molar-refractivity contribution >= 4 is 23.3 Å². The number of hydrogen-bond acceptors (Lipinski definition) is 5. The minimum atomic E-state index is -0.547. The van der Waals surface area contributed by atoms with Crippen molar-refractivity contribution in [3.63, 3.8) is 0 Å². The summed E-state index contributed by atoms with van der Waals surface area (Å²) in [6, 6.07) is 12.2. The lowest BCUT2D eigenvalue weighted by Gasteiger charge is -2.29. The largest absolute Gasteiger partial charge is 0.497 e. The molecule has 0 spiro atoms. The minimum Gasteiger partial charge on any atom is -0.497 e. The Balaban J connectivity index is 1.94. The molecule has 0 saturated heterocycles. The molecular weight excluding hydrogens is 322 g/mol. The van der Waals surface area contributed by atoms with E-state index in [4.69, 9.17) is 9.47 Å². The maximum atomic E-state index is 12.4. The first-order valence-electron chi connectivity index (χ1n) is 7.72. The Hall–Kier alpha value is -3.15. The summed E-state index contributed by atoms with van der Waals surface area (Å²) >= 11 is 0. The zero-order valence-electron chi connectivity index (χ0n) is 13.9. The first-order chi connectivity index (χ1) is 12.0. The second kappa shape index (κ2) is 6.76. The van der Waals surface area contributed by atoms with Crippen molar-refractivity contribution in [1.29, 1.82) is 0 Å². The van der Waals surface area contributed by atoms with Gasteiger partial charge in [0.15, 0.2) is 0 Å². The molecule has 0 unspecified atom stereocenters. The van der Waals surface area contributed by atoms with Crippen LogP contribution in [0, 0.1) is 0 Å². The Bertz CT molecular complexity index is 841. The molecule has 1 aliphatic rings. The molecule has 1 heterocycles. The second-order valence-corrected chi connectivity index (χ2v) is 5.67. The van der Waals surface area contributed by atoms with Gasteiger partial charge in [-0.25, -0.2) is 4.79 Å². The fourth-order valence-corrected chi connectivity index (χ4v) is 2.81. The molecule has 0 radical (unpaired) electrons. The highest BCUT2D eigenvalue weighted by Crippen LogP contribution is 2.29. The highest BCUT2D eigenvalue weighted by Gasteiger charge is 2.31. The number of carbonyl (C=O) groups is 3. The van der Waals surface area contributed by atoms with Crippen LogP contribution in [0.4, 0.5) is 5.69 Å². The fraction of sp³-hybridized carbons (Fsp3) is 0.211. The number of Topliss-reactive ketones (excluding diaryl/α,β-unsaturated/α-hetero) is 1. The Labute approximate surface area is 145 Å². The summed E-state index contributed by atoms with van der Waals surface area (Å²) in [5, 5.41) is 0. The Kier molecular flexibility index (Phi) is 4.52. The van der Waals surface area contributed by atoms with Crippen molar-refractivity contribution in [2.24, 2.45) is 0 Å². The Morgan fingerprint density at radius 3 is 2.44 bits per heavy atom. The van der Waals surface area contributed by atoms with Gasteiger partial charge >= 0.3 is 5.97 Å². The molecule has 0 bridgehead atoms. The predicted molar refractivity (Wildman–Crippen MR) is 90.7 cm³/mol. The van der Waals surface area contributed by atoms with Gasteiger partial charge in [-0.3, -0.25) is 9.59 Å². The van der Waals surface area contributed by atoms with Crippen LogP contribution >= 0.6 is 0 Å². The maximum Gasteiger partial charge on any atom is 0.337 e. The first kappa shape index (κ1) is 16.7. The number of methoxy groups -OCH3 is 2. The molecule has 25 heavy (non-hydrogen) atoms. The molecule has 6 nitrogen and oxygen atoms in total. The molecule has 2 aromatic carbocycles. The third kappa shape index (κ3) is 3.24. The number of ether oxygens (including phenoxy) is 2. The van der Waals surface area contributed by atoms with Gasteiger partial charge < -0.3 is 14.4 Å². The number of nitrogens with zero attached hydrogens (tertiary/aromatic N) is 1. The monoisotopic (exact) mass is 339 g/mol. The van der Waals surface area contributed by atoms with E-state index in [0.717, 1.165) is 5.56 Å². The average molecular weight is 339 g/mol. The third-order valence-electron chi connectivity index (χ3n) is 4.13. The molecule has 0 atom stereocenters. The van der Waals surface area contributed by atoms with Crippen molar-refractivity contribution in [3.8, 4) is 5.75 Å². The van der Waals surface area contributed by atoms with E-state index in [1.165, 1.54) is 12.0 Å². The lowest BCUT2D eigenvalue weighted by atomic mass is 9.97. The van der Waals surface area contributed by atoms with Gasteiger partial charge in [-0.2, -0.15) is 0 Å². The van der Waals surface area contributed by atoms with Crippen LogP contribution in [0.3, 0.4) is 0 Å². The number of benzene rings is 2.